The largest absolute Gasteiger partial charge is 0.399 e. The molecule has 2 aromatic rings. The maximum atomic E-state index is 12.4. The van der Waals surface area contributed by atoms with E-state index in [9.17, 15) is 9.59 Å². The quantitative estimate of drug-likeness (QED) is 0.676. The van der Waals surface area contributed by atoms with Crippen molar-refractivity contribution in [3.8, 4) is 0 Å². The minimum Gasteiger partial charge on any atom is -0.399 e. The van der Waals surface area contributed by atoms with Crippen LogP contribution in [-0.4, -0.2) is 23.3 Å². The monoisotopic (exact) mass is 278 g/mol. The molecule has 2 amide bonds. The van der Waals surface area contributed by atoms with Crippen molar-refractivity contribution in [2.45, 2.75) is 12.3 Å². The molecule has 0 spiro atoms. The van der Waals surface area contributed by atoms with Crippen molar-refractivity contribution in [2.75, 3.05) is 12.3 Å². The van der Waals surface area contributed by atoms with E-state index in [0.29, 0.717) is 23.4 Å². The lowest BCUT2D eigenvalue weighted by molar-refractivity contribution is 0.0640. The van der Waals surface area contributed by atoms with Crippen molar-refractivity contribution in [2.24, 2.45) is 0 Å². The Morgan fingerprint density at radius 2 is 1.81 bits per heavy atom. The van der Waals surface area contributed by atoms with Crippen LogP contribution in [-0.2, 0) is 6.42 Å². The zero-order valence-corrected chi connectivity index (χ0v) is 11.4. The molecule has 104 valence electrons. The van der Waals surface area contributed by atoms with E-state index in [1.54, 1.807) is 18.2 Å². The van der Waals surface area contributed by atoms with Gasteiger partial charge in [0.05, 0.1) is 11.1 Å². The third-order valence-corrected chi connectivity index (χ3v) is 4.36. The molecule has 1 atom stereocenters. The molecule has 0 saturated heterocycles. The molecule has 4 heteroatoms. The van der Waals surface area contributed by atoms with E-state index in [2.05, 4.69) is 12.1 Å². The van der Waals surface area contributed by atoms with Gasteiger partial charge in [-0.15, -0.1) is 0 Å². The Morgan fingerprint density at radius 1 is 1.05 bits per heavy atom. The van der Waals surface area contributed by atoms with Crippen LogP contribution in [0.25, 0.3) is 0 Å². The molecule has 4 rings (SSSR count). The second kappa shape index (κ2) is 4.19. The summed E-state index contributed by atoms with van der Waals surface area (Å²) in [7, 11) is 0. The van der Waals surface area contributed by atoms with Gasteiger partial charge in [-0.05, 0) is 35.7 Å². The molecule has 1 aliphatic heterocycles. The van der Waals surface area contributed by atoms with E-state index in [1.165, 1.54) is 16.0 Å². The summed E-state index contributed by atoms with van der Waals surface area (Å²) in [5.74, 6) is -0.188. The molecule has 0 fully saturated rings. The number of fused-ring (bicyclic) bond motifs is 2. The number of carbonyl (C=O) groups is 2. The van der Waals surface area contributed by atoms with Crippen LogP contribution in [0.3, 0.4) is 0 Å². The van der Waals surface area contributed by atoms with Gasteiger partial charge in [0.2, 0.25) is 0 Å². The van der Waals surface area contributed by atoms with Crippen molar-refractivity contribution in [3.63, 3.8) is 0 Å². The normalized spacial score (nSPS) is 19.2. The summed E-state index contributed by atoms with van der Waals surface area (Å²) < 4.78 is 0. The van der Waals surface area contributed by atoms with Crippen molar-refractivity contribution in [1.29, 1.82) is 0 Å². The van der Waals surface area contributed by atoms with Gasteiger partial charge in [-0.3, -0.25) is 14.5 Å². The first-order valence-corrected chi connectivity index (χ1v) is 6.98. The Labute approximate surface area is 122 Å². The van der Waals surface area contributed by atoms with Crippen LogP contribution in [0.5, 0.6) is 0 Å². The number of nitrogen functional groups attached to an aromatic ring is 1. The van der Waals surface area contributed by atoms with Gasteiger partial charge < -0.3 is 5.73 Å². The van der Waals surface area contributed by atoms with E-state index in [-0.39, 0.29) is 17.7 Å². The lowest BCUT2D eigenvalue weighted by Crippen LogP contribution is -2.37. The topological polar surface area (TPSA) is 63.4 Å². The van der Waals surface area contributed by atoms with Crippen molar-refractivity contribution in [1.82, 2.24) is 4.90 Å². The van der Waals surface area contributed by atoms with Crippen LogP contribution in [0.4, 0.5) is 5.69 Å². The van der Waals surface area contributed by atoms with Gasteiger partial charge in [0.15, 0.2) is 0 Å². The van der Waals surface area contributed by atoms with Gasteiger partial charge >= 0.3 is 0 Å². The fourth-order valence-corrected chi connectivity index (χ4v) is 3.22. The molecule has 0 aromatic heterocycles. The number of amides is 2. The number of anilines is 1. The number of rotatable bonds is 2. The predicted molar refractivity (Wildman–Crippen MR) is 79.1 cm³/mol. The first kappa shape index (κ1) is 12.1. The van der Waals surface area contributed by atoms with Crippen molar-refractivity contribution >= 4 is 17.5 Å². The van der Waals surface area contributed by atoms with Crippen LogP contribution in [0.1, 0.15) is 37.8 Å². The highest BCUT2D eigenvalue weighted by Crippen LogP contribution is 2.37. The minimum absolute atomic E-state index is 0.209. The predicted octanol–water partition coefficient (Wildman–Crippen LogP) is 2.20. The fourth-order valence-electron chi connectivity index (χ4n) is 3.22. The lowest BCUT2D eigenvalue weighted by atomic mass is 9.77. The Kier molecular flexibility index (Phi) is 2.42. The van der Waals surface area contributed by atoms with Gasteiger partial charge in [0, 0.05) is 18.2 Å². The van der Waals surface area contributed by atoms with Crippen LogP contribution in [0, 0.1) is 0 Å². The van der Waals surface area contributed by atoms with E-state index < -0.39 is 0 Å². The maximum absolute atomic E-state index is 12.4. The lowest BCUT2D eigenvalue weighted by Gasteiger charge is -2.32. The molecular formula is C17H14N2O2. The molecule has 21 heavy (non-hydrogen) atoms. The van der Waals surface area contributed by atoms with Crippen LogP contribution < -0.4 is 5.73 Å². The SMILES string of the molecule is Nc1ccc2c(c1)C(=O)N(CC1Cc3ccccc31)C2=O. The Morgan fingerprint density at radius 3 is 2.62 bits per heavy atom. The average Bonchev–Trinajstić information content (AvgIpc) is 2.69. The van der Waals surface area contributed by atoms with Gasteiger partial charge in [0.1, 0.15) is 0 Å². The molecule has 2 aliphatic rings. The fraction of sp³-hybridized carbons (Fsp3) is 0.176. The number of nitrogens with zero attached hydrogens (tertiary/aromatic N) is 1. The van der Waals surface area contributed by atoms with Gasteiger partial charge in [-0.2, -0.15) is 0 Å². The third-order valence-electron chi connectivity index (χ3n) is 4.36. The molecule has 2 N–H and O–H groups in total. The van der Waals surface area contributed by atoms with E-state index in [4.69, 9.17) is 5.73 Å². The number of benzene rings is 2. The second-order valence-corrected chi connectivity index (χ2v) is 5.63. The van der Waals surface area contributed by atoms with Crippen molar-refractivity contribution in [3.05, 3.63) is 64.7 Å². The summed E-state index contributed by atoms with van der Waals surface area (Å²) in [6.45, 7) is 0.448. The zero-order chi connectivity index (χ0) is 14.6. The Hall–Kier alpha value is -2.62. The molecule has 1 heterocycles. The molecule has 1 aliphatic carbocycles. The molecular weight excluding hydrogens is 264 g/mol. The number of imide groups is 1. The zero-order valence-electron chi connectivity index (χ0n) is 11.4. The minimum atomic E-state index is -0.230. The average molecular weight is 278 g/mol. The van der Waals surface area contributed by atoms with Crippen LogP contribution in [0.15, 0.2) is 42.5 Å². The highest BCUT2D eigenvalue weighted by molar-refractivity contribution is 6.21. The van der Waals surface area contributed by atoms with E-state index >= 15 is 0 Å². The molecule has 0 radical (unpaired) electrons. The molecule has 0 bridgehead atoms. The summed E-state index contributed by atoms with van der Waals surface area (Å²) in [4.78, 5) is 26.1. The van der Waals surface area contributed by atoms with E-state index in [0.717, 1.165) is 6.42 Å². The van der Waals surface area contributed by atoms with Crippen LogP contribution in [0.2, 0.25) is 0 Å². The summed E-state index contributed by atoms with van der Waals surface area (Å²) in [6, 6.07) is 13.1. The van der Waals surface area contributed by atoms with Gasteiger partial charge in [0.25, 0.3) is 11.8 Å². The van der Waals surface area contributed by atoms with Crippen molar-refractivity contribution < 1.29 is 9.59 Å². The smallest absolute Gasteiger partial charge is 0.261 e. The van der Waals surface area contributed by atoms with E-state index in [1.807, 2.05) is 12.1 Å². The summed E-state index contributed by atoms with van der Waals surface area (Å²) in [6.07, 6.45) is 0.922. The van der Waals surface area contributed by atoms with Gasteiger partial charge in [-0.25, -0.2) is 0 Å². The number of carbonyl (C=O) groups excluding carboxylic acids is 2. The van der Waals surface area contributed by atoms with Crippen LogP contribution >= 0.6 is 0 Å². The highest BCUT2D eigenvalue weighted by atomic mass is 16.2. The molecule has 2 aromatic carbocycles. The second-order valence-electron chi connectivity index (χ2n) is 5.63. The number of hydrogen-bond donors (Lipinski definition) is 1. The number of hydrogen-bond acceptors (Lipinski definition) is 3. The highest BCUT2D eigenvalue weighted by Gasteiger charge is 2.38. The third kappa shape index (κ3) is 1.69. The standard InChI is InChI=1S/C17H14N2O2/c18-12-5-6-14-15(8-12)17(21)19(16(14)20)9-11-7-10-3-1-2-4-13(10)11/h1-6,8,11H,7,9,18H2. The first-order chi connectivity index (χ1) is 10.1. The summed E-state index contributed by atoms with van der Waals surface area (Å²) in [5, 5.41) is 0. The number of nitrogens with two attached hydrogens (primary N) is 1. The summed E-state index contributed by atoms with van der Waals surface area (Å²) >= 11 is 0. The first-order valence-electron chi connectivity index (χ1n) is 6.98. The maximum Gasteiger partial charge on any atom is 0.261 e. The Balaban J connectivity index is 1.61. The molecule has 0 saturated carbocycles. The molecule has 4 nitrogen and oxygen atoms in total. The van der Waals surface area contributed by atoms with Gasteiger partial charge in [-0.1, -0.05) is 24.3 Å². The summed E-state index contributed by atoms with van der Waals surface area (Å²) in [5.41, 5.74) is 9.65. The molecule has 1 unspecified atom stereocenters. The Bertz CT molecular complexity index is 782.